The van der Waals surface area contributed by atoms with Crippen molar-refractivity contribution in [3.63, 3.8) is 0 Å². The second kappa shape index (κ2) is 9.27. The number of hydrogen-bond donors (Lipinski definition) is 2. The van der Waals surface area contributed by atoms with Gasteiger partial charge in [0.1, 0.15) is 0 Å². The Morgan fingerprint density at radius 3 is 2.65 bits per heavy atom. The Morgan fingerprint density at radius 1 is 1.06 bits per heavy atom. The average Bonchev–Trinajstić information content (AvgIpc) is 3.44. The number of carbonyl (C=O) groups is 2. The number of nitrogens with zero attached hydrogens (tertiary/aromatic N) is 3. The Morgan fingerprint density at radius 2 is 1.84 bits per heavy atom. The highest BCUT2D eigenvalue weighted by atomic mass is 35.5. The van der Waals surface area contributed by atoms with Gasteiger partial charge in [-0.3, -0.25) is 14.9 Å². The monoisotopic (exact) mass is 435 g/mol. The van der Waals surface area contributed by atoms with Crippen LogP contribution in [0.25, 0.3) is 11.3 Å². The molecule has 156 valence electrons. The highest BCUT2D eigenvalue weighted by Gasteiger charge is 2.15. The van der Waals surface area contributed by atoms with Crippen LogP contribution in [0.1, 0.15) is 16.1 Å². The molecule has 8 nitrogen and oxygen atoms in total. The molecule has 0 bridgehead atoms. The molecule has 4 rings (SSSR count). The maximum Gasteiger partial charge on any atom is 0.273 e. The summed E-state index contributed by atoms with van der Waals surface area (Å²) in [6.07, 6.45) is 3.31. The fraction of sp³-hybridized carbons (Fsp3) is 0.0909. The zero-order chi connectivity index (χ0) is 21.6. The molecule has 9 heteroatoms. The van der Waals surface area contributed by atoms with Crippen molar-refractivity contribution in [3.8, 4) is 11.3 Å². The van der Waals surface area contributed by atoms with Crippen LogP contribution < -0.4 is 10.6 Å². The average molecular weight is 436 g/mol. The van der Waals surface area contributed by atoms with Crippen molar-refractivity contribution in [3.05, 3.63) is 89.3 Å². The van der Waals surface area contributed by atoms with E-state index >= 15 is 0 Å². The lowest BCUT2D eigenvalue weighted by atomic mass is 10.1. The Balaban J connectivity index is 1.33. The predicted octanol–water partition coefficient (Wildman–Crippen LogP) is 3.61. The highest BCUT2D eigenvalue weighted by molar-refractivity contribution is 6.31. The van der Waals surface area contributed by atoms with Crippen molar-refractivity contribution in [1.82, 2.24) is 20.0 Å². The molecule has 0 fully saturated rings. The minimum Gasteiger partial charge on any atom is -0.355 e. The summed E-state index contributed by atoms with van der Waals surface area (Å²) in [6, 6.07) is 18.3. The summed E-state index contributed by atoms with van der Waals surface area (Å²) >= 11 is 6.20. The van der Waals surface area contributed by atoms with E-state index in [1.54, 1.807) is 23.0 Å². The molecule has 2 aromatic carbocycles. The molecule has 0 aliphatic carbocycles. The summed E-state index contributed by atoms with van der Waals surface area (Å²) in [5.41, 5.74) is 1.79. The van der Waals surface area contributed by atoms with Crippen LogP contribution in [0.2, 0.25) is 5.02 Å². The molecule has 0 aliphatic heterocycles. The van der Waals surface area contributed by atoms with E-state index in [4.69, 9.17) is 16.1 Å². The number of aromatic nitrogens is 3. The number of benzene rings is 2. The third-order valence-corrected chi connectivity index (χ3v) is 4.84. The molecule has 2 amide bonds. The van der Waals surface area contributed by atoms with Crippen LogP contribution in [-0.4, -0.2) is 33.1 Å². The van der Waals surface area contributed by atoms with Gasteiger partial charge in [0.15, 0.2) is 11.5 Å². The Labute approximate surface area is 182 Å². The number of carbonyl (C=O) groups excluding carboxylic acids is 2. The minimum atomic E-state index is -0.513. The Bertz CT molecular complexity index is 1200. The van der Waals surface area contributed by atoms with Gasteiger partial charge < -0.3 is 14.4 Å². The lowest BCUT2D eigenvalue weighted by Crippen LogP contribution is -2.33. The molecule has 0 saturated heterocycles. The lowest BCUT2D eigenvalue weighted by molar-refractivity contribution is -0.115. The number of imidazole rings is 1. The molecule has 2 N–H and O–H groups in total. The van der Waals surface area contributed by atoms with Gasteiger partial charge in [0.05, 0.1) is 13.1 Å². The normalized spacial score (nSPS) is 10.6. The summed E-state index contributed by atoms with van der Waals surface area (Å²) < 4.78 is 6.96. The van der Waals surface area contributed by atoms with Gasteiger partial charge in [0, 0.05) is 29.0 Å². The summed E-state index contributed by atoms with van der Waals surface area (Å²) in [5, 5.41) is 9.60. The number of hydrogen-bond acceptors (Lipinski definition) is 5. The first-order chi connectivity index (χ1) is 15.1. The zero-order valence-electron chi connectivity index (χ0n) is 16.3. The number of nitrogens with one attached hydrogen (secondary N) is 2. The topological polar surface area (TPSA) is 102 Å². The van der Waals surface area contributed by atoms with Crippen LogP contribution in [0.5, 0.6) is 0 Å². The predicted molar refractivity (Wildman–Crippen MR) is 116 cm³/mol. The molecular weight excluding hydrogens is 418 g/mol. The van der Waals surface area contributed by atoms with Crippen LogP contribution in [0.15, 0.2) is 77.6 Å². The number of halogens is 1. The lowest BCUT2D eigenvalue weighted by Gasteiger charge is -2.10. The van der Waals surface area contributed by atoms with Crippen molar-refractivity contribution in [1.29, 1.82) is 0 Å². The Hall–Kier alpha value is -3.91. The largest absolute Gasteiger partial charge is 0.355 e. The van der Waals surface area contributed by atoms with Gasteiger partial charge in [-0.1, -0.05) is 65.3 Å². The van der Waals surface area contributed by atoms with Gasteiger partial charge >= 0.3 is 0 Å². The molecule has 0 atom stereocenters. The van der Waals surface area contributed by atoms with E-state index in [0.29, 0.717) is 23.3 Å². The number of anilines is 1. The highest BCUT2D eigenvalue weighted by Crippen LogP contribution is 2.20. The molecule has 0 aliphatic rings. The number of rotatable bonds is 7. The molecule has 2 aromatic heterocycles. The van der Waals surface area contributed by atoms with Crippen molar-refractivity contribution in [2.24, 2.45) is 0 Å². The third-order valence-electron chi connectivity index (χ3n) is 4.48. The zero-order valence-corrected chi connectivity index (χ0v) is 17.0. The first-order valence-corrected chi connectivity index (χ1v) is 9.82. The molecule has 2 heterocycles. The van der Waals surface area contributed by atoms with Gasteiger partial charge in [-0.05, 0) is 11.6 Å². The Kier molecular flexibility index (Phi) is 6.09. The van der Waals surface area contributed by atoms with Gasteiger partial charge in [-0.25, -0.2) is 4.98 Å². The second-order valence-electron chi connectivity index (χ2n) is 6.64. The molecule has 0 radical (unpaired) electrons. The van der Waals surface area contributed by atoms with Gasteiger partial charge in [0.2, 0.25) is 11.9 Å². The fourth-order valence-corrected chi connectivity index (χ4v) is 3.11. The van der Waals surface area contributed by atoms with Gasteiger partial charge in [-0.15, -0.1) is 0 Å². The second-order valence-corrected chi connectivity index (χ2v) is 7.05. The molecule has 0 saturated carbocycles. The molecule has 0 spiro atoms. The van der Waals surface area contributed by atoms with E-state index in [1.807, 2.05) is 48.5 Å². The maximum absolute atomic E-state index is 12.3. The van der Waals surface area contributed by atoms with E-state index in [-0.39, 0.29) is 12.2 Å². The summed E-state index contributed by atoms with van der Waals surface area (Å²) in [6.45, 7) is 0.203. The first kappa shape index (κ1) is 20.4. The van der Waals surface area contributed by atoms with Crippen LogP contribution in [0.3, 0.4) is 0 Å². The van der Waals surface area contributed by atoms with Crippen LogP contribution in [-0.2, 0) is 11.3 Å². The van der Waals surface area contributed by atoms with Gasteiger partial charge in [-0.2, -0.15) is 0 Å². The quantitative estimate of drug-likeness (QED) is 0.461. The first-order valence-electron chi connectivity index (χ1n) is 9.45. The van der Waals surface area contributed by atoms with Crippen LogP contribution in [0, 0.1) is 0 Å². The maximum atomic E-state index is 12.3. The van der Waals surface area contributed by atoms with Crippen molar-refractivity contribution in [2.75, 3.05) is 11.9 Å². The molecule has 4 aromatic rings. The van der Waals surface area contributed by atoms with E-state index in [2.05, 4.69) is 20.8 Å². The molecule has 0 unspecified atom stereocenters. The van der Waals surface area contributed by atoms with Crippen molar-refractivity contribution < 1.29 is 14.1 Å². The number of amides is 2. The fourth-order valence-electron chi connectivity index (χ4n) is 2.91. The third kappa shape index (κ3) is 4.99. The van der Waals surface area contributed by atoms with E-state index in [1.165, 1.54) is 6.07 Å². The van der Waals surface area contributed by atoms with Gasteiger partial charge in [0.25, 0.3) is 5.91 Å². The summed E-state index contributed by atoms with van der Waals surface area (Å²) in [5.74, 6) is -0.115. The smallest absolute Gasteiger partial charge is 0.273 e. The van der Waals surface area contributed by atoms with Crippen molar-refractivity contribution >= 4 is 29.4 Å². The summed E-state index contributed by atoms with van der Waals surface area (Å²) in [4.78, 5) is 28.7. The molecule has 31 heavy (non-hydrogen) atoms. The van der Waals surface area contributed by atoms with Crippen LogP contribution in [0.4, 0.5) is 5.95 Å². The summed E-state index contributed by atoms with van der Waals surface area (Å²) in [7, 11) is 0. The van der Waals surface area contributed by atoms with Crippen LogP contribution >= 0.6 is 11.6 Å². The standard InChI is InChI=1S/C22H18ClN5O3/c23-17-9-5-4-8-16(17)14-28-11-10-24-22(28)26-20(29)13-25-21(30)18-12-19(31-27-18)15-6-2-1-3-7-15/h1-12H,13-14H2,(H,25,30)(H,24,26,29). The van der Waals surface area contributed by atoms with E-state index in [0.717, 1.165) is 11.1 Å². The SMILES string of the molecule is O=C(CNC(=O)c1cc(-c2ccccc2)on1)Nc1nccn1Cc1ccccc1Cl. The molecular formula is C22H18ClN5O3. The van der Waals surface area contributed by atoms with E-state index in [9.17, 15) is 9.59 Å². The van der Waals surface area contributed by atoms with Crippen molar-refractivity contribution in [2.45, 2.75) is 6.54 Å². The van der Waals surface area contributed by atoms with E-state index < -0.39 is 11.8 Å². The minimum absolute atomic E-state index is 0.0897.